The zero-order chi connectivity index (χ0) is 21.0. The molecule has 1 saturated heterocycles. The van der Waals surface area contributed by atoms with Gasteiger partial charge in [0.15, 0.2) is 0 Å². The molecule has 29 heavy (non-hydrogen) atoms. The summed E-state index contributed by atoms with van der Waals surface area (Å²) in [6.45, 7) is 0.332. The number of hydrogen-bond donors (Lipinski definition) is 2. The first-order chi connectivity index (χ1) is 13.9. The summed E-state index contributed by atoms with van der Waals surface area (Å²) >= 11 is 0. The van der Waals surface area contributed by atoms with E-state index in [1.807, 2.05) is 30.3 Å². The molecule has 10 nitrogen and oxygen atoms in total. The highest BCUT2D eigenvalue weighted by Crippen LogP contribution is 2.34. The number of ether oxygens (including phenoxy) is 1. The molecule has 2 N–H and O–H groups in total. The number of carbonyl (C=O) groups excluding carboxylic acids is 2. The molecule has 1 aliphatic heterocycles. The minimum Gasteiger partial charge on any atom is -0.865 e. The molecule has 10 heteroatoms. The molecule has 0 aromatic heterocycles. The summed E-state index contributed by atoms with van der Waals surface area (Å²) < 4.78 is 4.84. The third kappa shape index (κ3) is 4.15. The molecule has 1 heterocycles. The topological polar surface area (TPSA) is 146 Å². The van der Waals surface area contributed by atoms with Gasteiger partial charge in [-0.2, -0.15) is 5.10 Å². The Kier molecular flexibility index (Phi) is 5.72. The van der Waals surface area contributed by atoms with Crippen molar-refractivity contribution in [2.45, 2.75) is 5.92 Å². The monoisotopic (exact) mass is 397 g/mol. The van der Waals surface area contributed by atoms with Crippen LogP contribution in [0, 0.1) is 16.0 Å². The summed E-state index contributed by atoms with van der Waals surface area (Å²) in [5, 5.41) is 29.3. The van der Waals surface area contributed by atoms with Crippen LogP contribution in [0.3, 0.4) is 0 Å². The Hall–Kier alpha value is -3.95. The maximum Gasteiger partial charge on any atom is 0.266 e. The van der Waals surface area contributed by atoms with E-state index in [-0.39, 0.29) is 17.2 Å². The van der Waals surface area contributed by atoms with E-state index in [9.17, 15) is 24.8 Å². The van der Waals surface area contributed by atoms with Crippen molar-refractivity contribution in [1.29, 1.82) is 0 Å². The van der Waals surface area contributed by atoms with E-state index in [0.717, 1.165) is 17.8 Å². The second-order valence-electron chi connectivity index (χ2n) is 6.30. The van der Waals surface area contributed by atoms with Crippen molar-refractivity contribution in [3.63, 3.8) is 0 Å². The second-order valence-corrected chi connectivity index (χ2v) is 6.30. The maximum absolute atomic E-state index is 12.5. The summed E-state index contributed by atoms with van der Waals surface area (Å²) in [7, 11) is 1.21. The third-order valence-corrected chi connectivity index (χ3v) is 4.55. The number of benzene rings is 2. The highest BCUT2D eigenvalue weighted by atomic mass is 16.6. The standard InChI is InChI=1S/C19H18N4O6/c1-29-15-8-11(7-14(17(15)24)23(27)28)9-21-22-19(26)16-13(10-20-18(16)25)12-5-3-2-4-6-12/h2-9,13,16,24H,10H2,1H3,(H,20,25)(H,22,26)/p-1/t13-,16-/m0/s1. The molecule has 0 saturated carbocycles. The SMILES string of the molecule is COc1cc(C=NNC(=O)[C@@H]2C(=O)NC[C@H]2c2ccccc2)cc([N+](=O)[O-])c1[O-]. The number of amides is 2. The first-order valence-corrected chi connectivity index (χ1v) is 8.61. The van der Waals surface area contributed by atoms with Crippen molar-refractivity contribution < 1.29 is 24.4 Å². The Morgan fingerprint density at radius 2 is 2.07 bits per heavy atom. The van der Waals surface area contributed by atoms with Gasteiger partial charge in [-0.25, -0.2) is 5.43 Å². The van der Waals surface area contributed by atoms with Crippen LogP contribution in [0.4, 0.5) is 5.69 Å². The molecular weight excluding hydrogens is 380 g/mol. The van der Waals surface area contributed by atoms with Gasteiger partial charge in [0.1, 0.15) is 11.7 Å². The van der Waals surface area contributed by atoms with Crippen LogP contribution < -0.4 is 20.6 Å². The van der Waals surface area contributed by atoms with Gasteiger partial charge in [0, 0.05) is 29.8 Å². The van der Waals surface area contributed by atoms with E-state index in [1.165, 1.54) is 13.2 Å². The molecule has 0 unspecified atom stereocenters. The van der Waals surface area contributed by atoms with Crippen LogP contribution in [0.25, 0.3) is 0 Å². The van der Waals surface area contributed by atoms with Crippen molar-refractivity contribution in [2.75, 3.05) is 13.7 Å². The molecule has 2 amide bonds. The van der Waals surface area contributed by atoms with Crippen LogP contribution in [0.2, 0.25) is 0 Å². The molecule has 1 fully saturated rings. The van der Waals surface area contributed by atoms with Gasteiger partial charge in [0.25, 0.3) is 11.6 Å². The van der Waals surface area contributed by atoms with E-state index in [4.69, 9.17) is 4.74 Å². The van der Waals surface area contributed by atoms with Gasteiger partial charge in [-0.05, 0) is 11.6 Å². The fourth-order valence-corrected chi connectivity index (χ4v) is 3.14. The summed E-state index contributed by atoms with van der Waals surface area (Å²) in [5.41, 5.74) is 2.65. The molecule has 0 spiro atoms. The Balaban J connectivity index is 1.76. The lowest BCUT2D eigenvalue weighted by Crippen LogP contribution is -2.34. The minimum atomic E-state index is -0.956. The molecule has 2 aromatic carbocycles. The predicted molar refractivity (Wildman–Crippen MR) is 101 cm³/mol. The minimum absolute atomic E-state index is 0.184. The normalized spacial score (nSPS) is 18.4. The lowest BCUT2D eigenvalue weighted by molar-refractivity contribution is -0.398. The number of nitro groups is 1. The van der Waals surface area contributed by atoms with Crippen LogP contribution in [0.5, 0.6) is 11.5 Å². The Morgan fingerprint density at radius 1 is 1.34 bits per heavy atom. The Labute approximate surface area is 165 Å². The molecule has 0 radical (unpaired) electrons. The summed E-state index contributed by atoms with van der Waals surface area (Å²) in [5.74, 6) is -3.37. The summed E-state index contributed by atoms with van der Waals surface area (Å²) in [6, 6.07) is 11.5. The number of methoxy groups -OCH3 is 1. The molecular formula is C19H17N4O6-. The Morgan fingerprint density at radius 3 is 2.72 bits per heavy atom. The van der Waals surface area contributed by atoms with Crippen LogP contribution in [0.15, 0.2) is 47.6 Å². The molecule has 0 bridgehead atoms. The smallest absolute Gasteiger partial charge is 0.266 e. The number of nitrogens with zero attached hydrogens (tertiary/aromatic N) is 2. The van der Waals surface area contributed by atoms with Gasteiger partial charge in [0.2, 0.25) is 5.91 Å². The van der Waals surface area contributed by atoms with Crippen molar-refractivity contribution in [3.05, 3.63) is 63.7 Å². The van der Waals surface area contributed by atoms with E-state index in [2.05, 4.69) is 15.8 Å². The van der Waals surface area contributed by atoms with Gasteiger partial charge in [-0.1, -0.05) is 30.3 Å². The molecule has 2 aromatic rings. The number of nitrogens with one attached hydrogen (secondary N) is 2. The predicted octanol–water partition coefficient (Wildman–Crippen LogP) is 0.657. The van der Waals surface area contributed by atoms with Gasteiger partial charge < -0.3 is 15.2 Å². The first-order valence-electron chi connectivity index (χ1n) is 8.61. The molecule has 1 aliphatic rings. The fraction of sp³-hybridized carbons (Fsp3) is 0.211. The highest BCUT2D eigenvalue weighted by molar-refractivity contribution is 6.03. The first kappa shape index (κ1) is 19.8. The highest BCUT2D eigenvalue weighted by Gasteiger charge is 2.40. The number of carbonyl (C=O) groups is 2. The van der Waals surface area contributed by atoms with Gasteiger partial charge in [-0.3, -0.25) is 19.7 Å². The average molecular weight is 397 g/mol. The third-order valence-electron chi connectivity index (χ3n) is 4.55. The van der Waals surface area contributed by atoms with Gasteiger partial charge >= 0.3 is 0 Å². The van der Waals surface area contributed by atoms with Crippen LogP contribution in [0.1, 0.15) is 17.0 Å². The van der Waals surface area contributed by atoms with Gasteiger partial charge in [0.05, 0.1) is 18.2 Å². The van der Waals surface area contributed by atoms with Crippen LogP contribution in [-0.4, -0.2) is 36.6 Å². The average Bonchev–Trinajstić information content (AvgIpc) is 3.10. The van der Waals surface area contributed by atoms with Crippen molar-refractivity contribution in [3.8, 4) is 11.5 Å². The molecule has 3 rings (SSSR count). The number of hydrazone groups is 1. The summed E-state index contributed by atoms with van der Waals surface area (Å²) in [4.78, 5) is 34.8. The quantitative estimate of drug-likeness (QED) is 0.317. The molecule has 0 aliphatic carbocycles. The van der Waals surface area contributed by atoms with Crippen molar-refractivity contribution in [2.24, 2.45) is 11.0 Å². The largest absolute Gasteiger partial charge is 0.865 e. The van der Waals surface area contributed by atoms with Crippen LogP contribution in [-0.2, 0) is 9.59 Å². The number of hydrogen-bond acceptors (Lipinski definition) is 7. The molecule has 150 valence electrons. The zero-order valence-electron chi connectivity index (χ0n) is 15.3. The lowest BCUT2D eigenvalue weighted by Gasteiger charge is -2.15. The van der Waals surface area contributed by atoms with E-state index in [0.29, 0.717) is 6.54 Å². The lowest BCUT2D eigenvalue weighted by atomic mass is 9.88. The maximum atomic E-state index is 12.5. The molecule has 2 atom stereocenters. The van der Waals surface area contributed by atoms with Gasteiger partial charge in [-0.15, -0.1) is 0 Å². The fourth-order valence-electron chi connectivity index (χ4n) is 3.14. The zero-order valence-corrected chi connectivity index (χ0v) is 15.3. The second kappa shape index (κ2) is 8.38. The van der Waals surface area contributed by atoms with E-state index >= 15 is 0 Å². The van der Waals surface area contributed by atoms with Crippen molar-refractivity contribution >= 4 is 23.7 Å². The summed E-state index contributed by atoms with van der Waals surface area (Å²) in [6.07, 6.45) is 1.14. The van der Waals surface area contributed by atoms with Crippen molar-refractivity contribution in [1.82, 2.24) is 10.7 Å². The Bertz CT molecular complexity index is 976. The number of rotatable bonds is 6. The van der Waals surface area contributed by atoms with Crippen LogP contribution >= 0.6 is 0 Å². The van der Waals surface area contributed by atoms with E-state index in [1.54, 1.807) is 0 Å². The number of nitro benzene ring substituents is 1. The van der Waals surface area contributed by atoms with E-state index < -0.39 is 34.1 Å².